The Bertz CT molecular complexity index is 563. The summed E-state index contributed by atoms with van der Waals surface area (Å²) < 4.78 is 5.41. The molecule has 1 heterocycles. The first-order valence-corrected chi connectivity index (χ1v) is 6.70. The molecule has 1 fully saturated rings. The van der Waals surface area contributed by atoms with Crippen LogP contribution < -0.4 is 9.64 Å². The summed E-state index contributed by atoms with van der Waals surface area (Å²) in [4.78, 5) is 23.9. The summed E-state index contributed by atoms with van der Waals surface area (Å²) in [6.07, 6.45) is 0.187. The Labute approximate surface area is 123 Å². The van der Waals surface area contributed by atoms with Crippen LogP contribution in [0.25, 0.3) is 0 Å². The number of carbonyl (C=O) groups is 1. The molecular weight excluding hydrogens is 332 g/mol. The summed E-state index contributed by atoms with van der Waals surface area (Å²) in [6, 6.07) is 2.85. The molecule has 108 valence electrons. The number of halogens is 1. The summed E-state index contributed by atoms with van der Waals surface area (Å²) in [5.41, 5.74) is -0.0000789. The average molecular weight is 345 g/mol. The number of hydrogen-bond donors (Lipinski definition) is 1. The third kappa shape index (κ3) is 2.61. The Hall–Kier alpha value is -1.67. The summed E-state index contributed by atoms with van der Waals surface area (Å²) in [7, 11) is 1.41. The maximum atomic E-state index is 12.0. The van der Waals surface area contributed by atoms with Gasteiger partial charge in [0.05, 0.1) is 22.6 Å². The Morgan fingerprint density at radius 1 is 1.60 bits per heavy atom. The van der Waals surface area contributed by atoms with E-state index in [1.54, 1.807) is 6.07 Å². The van der Waals surface area contributed by atoms with Crippen molar-refractivity contribution in [3.63, 3.8) is 0 Å². The molecule has 1 aliphatic rings. The number of nitro groups is 1. The van der Waals surface area contributed by atoms with Crippen molar-refractivity contribution in [3.05, 3.63) is 26.7 Å². The minimum Gasteiger partial charge on any atom is -0.496 e. The molecule has 1 atom stereocenters. The number of carbonyl (C=O) groups excluding carboxylic acids is 1. The predicted octanol–water partition coefficient (Wildman–Crippen LogP) is 1.71. The molecule has 0 spiro atoms. The fourth-order valence-corrected chi connectivity index (χ4v) is 2.85. The molecule has 2 rings (SSSR count). The lowest BCUT2D eigenvalue weighted by Gasteiger charge is -2.18. The van der Waals surface area contributed by atoms with Crippen molar-refractivity contribution in [2.24, 2.45) is 5.92 Å². The zero-order chi connectivity index (χ0) is 14.9. The minimum atomic E-state index is -0.553. The number of nitro benzene ring substituents is 1. The van der Waals surface area contributed by atoms with Crippen molar-refractivity contribution >= 4 is 33.2 Å². The summed E-state index contributed by atoms with van der Waals surface area (Å²) in [5, 5.41) is 20.3. The summed E-state index contributed by atoms with van der Waals surface area (Å²) >= 11 is 3.25. The van der Waals surface area contributed by atoms with Crippen LogP contribution in [0.3, 0.4) is 0 Å². The minimum absolute atomic E-state index is 0.121. The van der Waals surface area contributed by atoms with E-state index in [0.29, 0.717) is 10.2 Å². The van der Waals surface area contributed by atoms with E-state index >= 15 is 0 Å². The number of ether oxygens (including phenoxy) is 1. The molecule has 1 saturated heterocycles. The van der Waals surface area contributed by atoms with Crippen molar-refractivity contribution in [1.82, 2.24) is 0 Å². The van der Waals surface area contributed by atoms with Gasteiger partial charge in [-0.2, -0.15) is 0 Å². The Kier molecular flexibility index (Phi) is 4.24. The number of methoxy groups -OCH3 is 1. The van der Waals surface area contributed by atoms with Gasteiger partial charge in [-0.15, -0.1) is 0 Å². The van der Waals surface area contributed by atoms with Gasteiger partial charge in [-0.1, -0.05) is 0 Å². The molecule has 1 aromatic carbocycles. The van der Waals surface area contributed by atoms with Crippen molar-refractivity contribution in [2.45, 2.75) is 6.42 Å². The summed E-state index contributed by atoms with van der Waals surface area (Å²) in [6.45, 7) is 0.144. The van der Waals surface area contributed by atoms with Crippen LogP contribution in [0.4, 0.5) is 11.4 Å². The largest absolute Gasteiger partial charge is 0.496 e. The van der Waals surface area contributed by atoms with Crippen LogP contribution in [0.2, 0.25) is 0 Å². The van der Waals surface area contributed by atoms with E-state index in [-0.39, 0.29) is 42.8 Å². The molecule has 1 aliphatic heterocycles. The SMILES string of the molecule is COc1cc(Br)c(N2CC(CO)CC2=O)c([N+](=O)[O-])c1. The van der Waals surface area contributed by atoms with E-state index in [1.165, 1.54) is 18.1 Å². The third-order valence-electron chi connectivity index (χ3n) is 3.18. The van der Waals surface area contributed by atoms with E-state index < -0.39 is 4.92 Å². The highest BCUT2D eigenvalue weighted by atomic mass is 79.9. The number of aliphatic hydroxyl groups is 1. The molecule has 0 bridgehead atoms. The zero-order valence-electron chi connectivity index (χ0n) is 10.7. The second-order valence-corrected chi connectivity index (χ2v) is 5.35. The molecule has 20 heavy (non-hydrogen) atoms. The maximum absolute atomic E-state index is 12.0. The molecule has 7 nitrogen and oxygen atoms in total. The first-order chi connectivity index (χ1) is 9.47. The van der Waals surface area contributed by atoms with E-state index in [4.69, 9.17) is 9.84 Å². The third-order valence-corrected chi connectivity index (χ3v) is 3.79. The smallest absolute Gasteiger partial charge is 0.297 e. The Balaban J connectivity index is 2.50. The van der Waals surface area contributed by atoms with Crippen molar-refractivity contribution < 1.29 is 19.6 Å². The highest BCUT2D eigenvalue weighted by Crippen LogP contribution is 2.41. The van der Waals surface area contributed by atoms with Crippen LogP contribution >= 0.6 is 15.9 Å². The molecule has 8 heteroatoms. The van der Waals surface area contributed by atoms with Crippen molar-refractivity contribution in [2.75, 3.05) is 25.2 Å². The maximum Gasteiger partial charge on any atom is 0.297 e. The molecule has 0 aliphatic carbocycles. The molecule has 0 radical (unpaired) electrons. The number of benzene rings is 1. The van der Waals surface area contributed by atoms with Gasteiger partial charge in [-0.25, -0.2) is 0 Å². The molecule has 1 amide bonds. The normalized spacial score (nSPS) is 18.4. The highest BCUT2D eigenvalue weighted by Gasteiger charge is 2.35. The van der Waals surface area contributed by atoms with Crippen molar-refractivity contribution in [3.8, 4) is 5.75 Å². The van der Waals surface area contributed by atoms with Crippen LogP contribution in [0.5, 0.6) is 5.75 Å². The number of amides is 1. The van der Waals surface area contributed by atoms with E-state index in [0.717, 1.165) is 0 Å². The number of rotatable bonds is 4. The fraction of sp³-hybridized carbons (Fsp3) is 0.417. The summed E-state index contributed by atoms with van der Waals surface area (Å²) in [5.74, 6) is -0.105. The second-order valence-electron chi connectivity index (χ2n) is 4.49. The second kappa shape index (κ2) is 5.76. The lowest BCUT2D eigenvalue weighted by Crippen LogP contribution is -2.26. The predicted molar refractivity (Wildman–Crippen MR) is 74.9 cm³/mol. The monoisotopic (exact) mass is 344 g/mol. The van der Waals surface area contributed by atoms with Gasteiger partial charge in [0, 0.05) is 25.5 Å². The topological polar surface area (TPSA) is 92.9 Å². The molecular formula is C12H13BrN2O5. The Morgan fingerprint density at radius 2 is 2.30 bits per heavy atom. The fourth-order valence-electron chi connectivity index (χ4n) is 2.20. The zero-order valence-corrected chi connectivity index (χ0v) is 12.3. The lowest BCUT2D eigenvalue weighted by molar-refractivity contribution is -0.384. The Morgan fingerprint density at radius 3 is 2.80 bits per heavy atom. The van der Waals surface area contributed by atoms with E-state index in [2.05, 4.69) is 15.9 Å². The first-order valence-electron chi connectivity index (χ1n) is 5.91. The van der Waals surface area contributed by atoms with Crippen LogP contribution in [0.1, 0.15) is 6.42 Å². The van der Waals surface area contributed by atoms with Gasteiger partial charge in [-0.3, -0.25) is 14.9 Å². The molecule has 1 N–H and O–H groups in total. The van der Waals surface area contributed by atoms with Crippen LogP contribution in [0.15, 0.2) is 16.6 Å². The molecule has 0 aromatic heterocycles. The number of hydrogen-bond acceptors (Lipinski definition) is 5. The first kappa shape index (κ1) is 14.7. The van der Waals surface area contributed by atoms with Crippen molar-refractivity contribution in [1.29, 1.82) is 0 Å². The standard InChI is InChI=1S/C12H13BrN2O5/c1-20-8-3-9(13)12(10(4-8)15(18)19)14-5-7(6-16)2-11(14)17/h3-4,7,16H,2,5-6H2,1H3. The number of aliphatic hydroxyl groups excluding tert-OH is 1. The van der Waals surface area contributed by atoms with Gasteiger partial charge < -0.3 is 14.7 Å². The average Bonchev–Trinajstić information content (AvgIpc) is 2.78. The van der Waals surface area contributed by atoms with Gasteiger partial charge in [0.1, 0.15) is 11.4 Å². The van der Waals surface area contributed by atoms with Gasteiger partial charge >= 0.3 is 0 Å². The molecule has 1 unspecified atom stereocenters. The number of anilines is 1. The van der Waals surface area contributed by atoms with Gasteiger partial charge in [0.2, 0.25) is 5.91 Å². The lowest BCUT2D eigenvalue weighted by atomic mass is 10.1. The van der Waals surface area contributed by atoms with Crippen LogP contribution in [-0.4, -0.2) is 36.2 Å². The van der Waals surface area contributed by atoms with Gasteiger partial charge in [0.15, 0.2) is 0 Å². The van der Waals surface area contributed by atoms with E-state index in [9.17, 15) is 14.9 Å². The molecule has 1 aromatic rings. The van der Waals surface area contributed by atoms with Crippen LogP contribution in [0, 0.1) is 16.0 Å². The highest BCUT2D eigenvalue weighted by molar-refractivity contribution is 9.10. The van der Waals surface area contributed by atoms with Gasteiger partial charge in [0.25, 0.3) is 5.69 Å². The van der Waals surface area contributed by atoms with Gasteiger partial charge in [-0.05, 0) is 22.0 Å². The quantitative estimate of drug-likeness (QED) is 0.662. The number of nitrogens with zero attached hydrogens (tertiary/aromatic N) is 2. The van der Waals surface area contributed by atoms with Crippen LogP contribution in [-0.2, 0) is 4.79 Å². The molecule has 0 saturated carbocycles. The van der Waals surface area contributed by atoms with E-state index in [1.807, 2.05) is 0 Å².